The van der Waals surface area contributed by atoms with Gasteiger partial charge >= 0.3 is 0 Å². The molecule has 1 N–H and O–H groups in total. The van der Waals surface area contributed by atoms with Crippen molar-refractivity contribution in [3.8, 4) is 0 Å². The second-order valence-corrected chi connectivity index (χ2v) is 6.12. The van der Waals surface area contributed by atoms with Crippen LogP contribution in [0.2, 0.25) is 0 Å². The number of nitrogens with one attached hydrogen (secondary N) is 1. The van der Waals surface area contributed by atoms with E-state index >= 15 is 0 Å². The Morgan fingerprint density at radius 2 is 2.12 bits per heavy atom. The van der Waals surface area contributed by atoms with Crippen LogP contribution in [-0.4, -0.2) is 28.3 Å². The number of fused-ring (bicyclic) bond motifs is 1. The quantitative estimate of drug-likeness (QED) is 0.851. The van der Waals surface area contributed by atoms with E-state index in [1.807, 2.05) is 18.2 Å². The molecule has 1 heterocycles. The fraction of sp³-hybridized carbons (Fsp3) is 0.455. The molecule has 0 amide bonds. The molecule has 0 aromatic heterocycles. The number of hydrogen-bond donors (Lipinski definition) is 1. The lowest BCUT2D eigenvalue weighted by atomic mass is 10.0. The third-order valence-corrected chi connectivity index (χ3v) is 4.09. The van der Waals surface area contributed by atoms with Crippen LogP contribution >= 0.6 is 0 Å². The van der Waals surface area contributed by atoms with Gasteiger partial charge in [-0.1, -0.05) is 0 Å². The summed E-state index contributed by atoms with van der Waals surface area (Å²) in [4.78, 5) is 0. The van der Waals surface area contributed by atoms with E-state index in [1.165, 1.54) is 16.1 Å². The van der Waals surface area contributed by atoms with E-state index in [-0.39, 0.29) is 0 Å². The molecule has 4 nitrogen and oxygen atoms in total. The molecule has 1 aromatic rings. The van der Waals surface area contributed by atoms with Crippen LogP contribution in [0.1, 0.15) is 12.0 Å². The summed E-state index contributed by atoms with van der Waals surface area (Å²) in [5.41, 5.74) is 3.04. The summed E-state index contributed by atoms with van der Waals surface area (Å²) < 4.78 is 24.1. The molecule has 0 saturated carbocycles. The van der Waals surface area contributed by atoms with Gasteiger partial charge in [-0.25, -0.2) is 8.42 Å². The van der Waals surface area contributed by atoms with Gasteiger partial charge in [0.05, 0.1) is 11.9 Å². The molecule has 16 heavy (non-hydrogen) atoms. The van der Waals surface area contributed by atoms with E-state index in [9.17, 15) is 8.42 Å². The number of aryl methyl sites for hydroxylation is 1. The van der Waals surface area contributed by atoms with Gasteiger partial charge in [-0.15, -0.1) is 0 Å². The molecule has 0 saturated heterocycles. The molecular weight excluding hydrogens is 224 g/mol. The lowest BCUT2D eigenvalue weighted by molar-refractivity contribution is 0.600. The third kappa shape index (κ3) is 2.14. The summed E-state index contributed by atoms with van der Waals surface area (Å²) in [6.45, 7) is 0.994. The molecule has 0 aliphatic carbocycles. The first kappa shape index (κ1) is 11.3. The minimum absolute atomic E-state index is 0.727. The summed E-state index contributed by atoms with van der Waals surface area (Å²) in [6.07, 6.45) is 3.32. The molecule has 0 radical (unpaired) electrons. The fourth-order valence-electron chi connectivity index (χ4n) is 1.85. The lowest BCUT2D eigenvalue weighted by Crippen LogP contribution is -2.25. The molecule has 1 aliphatic rings. The Labute approximate surface area is 96.3 Å². The van der Waals surface area contributed by atoms with Crippen molar-refractivity contribution >= 4 is 21.4 Å². The van der Waals surface area contributed by atoms with Crippen molar-refractivity contribution in [2.75, 3.05) is 29.5 Å². The number of hydrogen-bond acceptors (Lipinski definition) is 3. The topological polar surface area (TPSA) is 49.4 Å². The summed E-state index contributed by atoms with van der Waals surface area (Å²) in [5.74, 6) is 0. The van der Waals surface area contributed by atoms with E-state index < -0.39 is 10.0 Å². The van der Waals surface area contributed by atoms with Crippen LogP contribution in [0.5, 0.6) is 0 Å². The van der Waals surface area contributed by atoms with Gasteiger partial charge in [0.25, 0.3) is 0 Å². The maximum atomic E-state index is 11.4. The van der Waals surface area contributed by atoms with Crippen LogP contribution in [-0.2, 0) is 16.4 Å². The predicted octanol–water partition coefficient (Wildman–Crippen LogP) is 1.44. The molecule has 2 rings (SSSR count). The number of anilines is 2. The van der Waals surface area contributed by atoms with Crippen molar-refractivity contribution in [3.63, 3.8) is 0 Å². The summed E-state index contributed by atoms with van der Waals surface area (Å²) in [5, 5.41) is 3.30. The molecule has 5 heteroatoms. The van der Waals surface area contributed by atoms with E-state index in [0.29, 0.717) is 0 Å². The highest BCUT2D eigenvalue weighted by Crippen LogP contribution is 2.27. The van der Waals surface area contributed by atoms with Crippen LogP contribution < -0.4 is 9.62 Å². The highest BCUT2D eigenvalue weighted by molar-refractivity contribution is 7.92. The Morgan fingerprint density at radius 3 is 2.81 bits per heavy atom. The van der Waals surface area contributed by atoms with Crippen LogP contribution in [0.15, 0.2) is 18.2 Å². The van der Waals surface area contributed by atoms with Crippen molar-refractivity contribution in [3.05, 3.63) is 23.8 Å². The second-order valence-electron chi connectivity index (χ2n) is 4.10. The Balaban J connectivity index is 2.37. The molecule has 0 unspecified atom stereocenters. The Kier molecular flexibility index (Phi) is 2.80. The van der Waals surface area contributed by atoms with Crippen LogP contribution in [0.4, 0.5) is 11.4 Å². The van der Waals surface area contributed by atoms with E-state index in [4.69, 9.17) is 0 Å². The lowest BCUT2D eigenvalue weighted by Gasteiger charge is -2.22. The number of rotatable bonds is 2. The second kappa shape index (κ2) is 3.97. The molecule has 88 valence electrons. The van der Waals surface area contributed by atoms with E-state index in [1.54, 1.807) is 7.05 Å². The van der Waals surface area contributed by atoms with Gasteiger partial charge in [-0.05, 0) is 36.6 Å². The molecular formula is C11H16N2O2S. The van der Waals surface area contributed by atoms with E-state index in [0.717, 1.165) is 30.8 Å². The number of nitrogens with zero attached hydrogens (tertiary/aromatic N) is 1. The monoisotopic (exact) mass is 240 g/mol. The minimum Gasteiger partial charge on any atom is -0.385 e. The average Bonchev–Trinajstić information content (AvgIpc) is 2.26. The minimum atomic E-state index is -3.17. The standard InChI is InChI=1S/C11H16N2O2S/c1-13(16(2,14)15)10-5-6-11-9(8-10)4-3-7-12-11/h5-6,8,12H,3-4,7H2,1-2H3. The van der Waals surface area contributed by atoms with Gasteiger partial charge in [0, 0.05) is 19.3 Å². The third-order valence-electron chi connectivity index (χ3n) is 2.89. The van der Waals surface area contributed by atoms with Crippen molar-refractivity contribution in [1.82, 2.24) is 0 Å². The zero-order chi connectivity index (χ0) is 11.8. The van der Waals surface area contributed by atoms with Crippen molar-refractivity contribution < 1.29 is 8.42 Å². The Morgan fingerprint density at radius 1 is 1.38 bits per heavy atom. The molecule has 0 bridgehead atoms. The molecule has 0 fully saturated rings. The van der Waals surface area contributed by atoms with Crippen LogP contribution in [0, 0.1) is 0 Å². The summed E-state index contributed by atoms with van der Waals surface area (Å²) in [7, 11) is -1.59. The van der Waals surface area contributed by atoms with Gasteiger partial charge in [0.1, 0.15) is 0 Å². The smallest absolute Gasteiger partial charge is 0.231 e. The molecule has 1 aromatic carbocycles. The highest BCUT2D eigenvalue weighted by atomic mass is 32.2. The maximum absolute atomic E-state index is 11.4. The van der Waals surface area contributed by atoms with Gasteiger partial charge < -0.3 is 5.32 Å². The number of benzene rings is 1. The average molecular weight is 240 g/mol. The van der Waals surface area contributed by atoms with Gasteiger partial charge in [-0.2, -0.15) is 0 Å². The maximum Gasteiger partial charge on any atom is 0.231 e. The first-order valence-corrected chi connectivity index (χ1v) is 7.14. The first-order valence-electron chi connectivity index (χ1n) is 5.29. The molecule has 0 spiro atoms. The zero-order valence-electron chi connectivity index (χ0n) is 9.53. The van der Waals surface area contributed by atoms with Crippen molar-refractivity contribution in [1.29, 1.82) is 0 Å². The Bertz CT molecular complexity index is 497. The highest BCUT2D eigenvalue weighted by Gasteiger charge is 2.15. The van der Waals surface area contributed by atoms with Crippen LogP contribution in [0.3, 0.4) is 0 Å². The summed E-state index contributed by atoms with van der Waals surface area (Å²) >= 11 is 0. The largest absolute Gasteiger partial charge is 0.385 e. The van der Waals surface area contributed by atoms with Gasteiger partial charge in [0.2, 0.25) is 10.0 Å². The van der Waals surface area contributed by atoms with Gasteiger partial charge in [-0.3, -0.25) is 4.31 Å². The molecule has 0 atom stereocenters. The number of sulfonamides is 1. The van der Waals surface area contributed by atoms with Crippen molar-refractivity contribution in [2.45, 2.75) is 12.8 Å². The fourth-order valence-corrected chi connectivity index (χ4v) is 2.35. The Hall–Kier alpha value is -1.23. The zero-order valence-corrected chi connectivity index (χ0v) is 10.3. The molecule has 1 aliphatic heterocycles. The SMILES string of the molecule is CN(c1ccc2c(c1)CCCN2)S(C)(=O)=O. The van der Waals surface area contributed by atoms with Crippen molar-refractivity contribution in [2.24, 2.45) is 0 Å². The van der Waals surface area contributed by atoms with Gasteiger partial charge in [0.15, 0.2) is 0 Å². The normalized spacial score (nSPS) is 15.1. The predicted molar refractivity (Wildman–Crippen MR) is 66.5 cm³/mol. The van der Waals surface area contributed by atoms with E-state index in [2.05, 4.69) is 5.32 Å². The summed E-state index contributed by atoms with van der Waals surface area (Å²) in [6, 6.07) is 5.73. The van der Waals surface area contributed by atoms with Crippen LogP contribution in [0.25, 0.3) is 0 Å². The first-order chi connectivity index (χ1) is 7.48.